The van der Waals surface area contributed by atoms with Gasteiger partial charge in [-0.05, 0) is 57.9 Å². The first-order valence-electron chi connectivity index (χ1n) is 12.6. The number of nitrogens with zero attached hydrogens (tertiary/aromatic N) is 3. The number of hydrogen-bond donors (Lipinski definition) is 1. The minimum absolute atomic E-state index is 0.0497. The van der Waals surface area contributed by atoms with Crippen molar-refractivity contribution in [3.8, 4) is 17.5 Å². The third kappa shape index (κ3) is 7.76. The number of allylic oxidation sites excluding steroid dienone is 1. The number of methoxy groups -OCH3 is 1. The number of unbranched alkanes of at least 4 members (excludes halogenated alkanes) is 2. The molecule has 0 bridgehead atoms. The summed E-state index contributed by atoms with van der Waals surface area (Å²) in [6, 6.07) is 7.80. The van der Waals surface area contributed by atoms with E-state index in [0.717, 1.165) is 36.3 Å². The zero-order valence-corrected chi connectivity index (χ0v) is 22.0. The molecule has 0 spiro atoms. The molecule has 9 nitrogen and oxygen atoms in total. The molecular formula is C27H38N4O5. The van der Waals surface area contributed by atoms with E-state index in [2.05, 4.69) is 28.4 Å². The topological polar surface area (TPSA) is 95.0 Å². The lowest BCUT2D eigenvalue weighted by Gasteiger charge is -2.31. The first-order chi connectivity index (χ1) is 17.4. The number of amides is 1. The van der Waals surface area contributed by atoms with Crippen molar-refractivity contribution in [1.82, 2.24) is 20.3 Å². The number of aromatic nitrogens is 2. The van der Waals surface area contributed by atoms with Crippen LogP contribution in [0.2, 0.25) is 0 Å². The molecular weight excluding hydrogens is 460 g/mol. The normalized spacial score (nSPS) is 14.5. The fourth-order valence-electron chi connectivity index (χ4n) is 3.77. The molecule has 9 heteroatoms. The van der Waals surface area contributed by atoms with Crippen molar-refractivity contribution in [3.63, 3.8) is 0 Å². The molecule has 0 radical (unpaired) electrons. The highest BCUT2D eigenvalue weighted by Crippen LogP contribution is 2.26. The zero-order chi connectivity index (χ0) is 25.9. The Labute approximate surface area is 213 Å². The van der Waals surface area contributed by atoms with Gasteiger partial charge in [-0.3, -0.25) is 0 Å². The van der Waals surface area contributed by atoms with Crippen molar-refractivity contribution in [3.05, 3.63) is 47.8 Å². The van der Waals surface area contributed by atoms with Crippen LogP contribution in [0, 0.1) is 6.92 Å². The Balaban J connectivity index is 1.62. The van der Waals surface area contributed by atoms with Crippen molar-refractivity contribution in [2.75, 3.05) is 20.2 Å². The van der Waals surface area contributed by atoms with E-state index in [1.54, 1.807) is 12.0 Å². The number of hydroxylamine groups is 1. The van der Waals surface area contributed by atoms with Gasteiger partial charge in [0.25, 0.3) is 5.88 Å². The smallest absolute Gasteiger partial charge is 0.410 e. The van der Waals surface area contributed by atoms with Crippen LogP contribution in [0.1, 0.15) is 64.0 Å². The SMILES string of the molecule is CCCCC=C(NOc1ncnc(OC2CCN(C(=O)OC(C)C)CC2)c1C)c1ccc(OC)cc1. The molecule has 196 valence electrons. The summed E-state index contributed by atoms with van der Waals surface area (Å²) in [6.45, 7) is 8.90. The van der Waals surface area contributed by atoms with E-state index in [9.17, 15) is 4.79 Å². The quantitative estimate of drug-likeness (QED) is 0.330. The Morgan fingerprint density at radius 2 is 1.86 bits per heavy atom. The molecule has 1 aliphatic rings. The molecule has 1 aromatic heterocycles. The number of benzene rings is 1. The van der Waals surface area contributed by atoms with Crippen molar-refractivity contribution in [1.29, 1.82) is 0 Å². The molecule has 1 amide bonds. The van der Waals surface area contributed by atoms with Crippen LogP contribution in [0.15, 0.2) is 36.7 Å². The summed E-state index contributed by atoms with van der Waals surface area (Å²) in [5, 5.41) is 0. The predicted octanol–water partition coefficient (Wildman–Crippen LogP) is 5.30. The van der Waals surface area contributed by atoms with Gasteiger partial charge in [0.15, 0.2) is 0 Å². The highest BCUT2D eigenvalue weighted by Gasteiger charge is 2.26. The van der Waals surface area contributed by atoms with E-state index < -0.39 is 0 Å². The summed E-state index contributed by atoms with van der Waals surface area (Å²) in [5.74, 6) is 1.67. The Hall–Kier alpha value is -3.49. The molecule has 36 heavy (non-hydrogen) atoms. The lowest BCUT2D eigenvalue weighted by molar-refractivity contribution is 0.0504. The molecule has 2 aromatic rings. The second kappa shape index (κ2) is 13.6. The fraction of sp³-hybridized carbons (Fsp3) is 0.519. The summed E-state index contributed by atoms with van der Waals surface area (Å²) in [6.07, 6.45) is 7.62. The van der Waals surface area contributed by atoms with Gasteiger partial charge in [0, 0.05) is 31.5 Å². The molecule has 0 unspecified atom stereocenters. The van der Waals surface area contributed by atoms with Crippen molar-refractivity contribution in [2.45, 2.75) is 72.0 Å². The standard InChI is InChI=1S/C27H38N4O5/c1-6-7-8-9-24(21-10-12-22(33-5)13-11-21)30-36-26-20(4)25(28-18-29-26)35-23-14-16-31(17-15-23)27(32)34-19(2)3/h9-13,18-19,23,30H,6-8,14-17H2,1-5H3. The summed E-state index contributed by atoms with van der Waals surface area (Å²) in [7, 11) is 1.65. The third-order valence-electron chi connectivity index (χ3n) is 5.87. The lowest BCUT2D eigenvalue weighted by atomic mass is 10.1. The van der Waals surface area contributed by atoms with E-state index in [1.165, 1.54) is 6.33 Å². The third-order valence-corrected chi connectivity index (χ3v) is 5.87. The van der Waals surface area contributed by atoms with Crippen LogP contribution in [0.25, 0.3) is 5.70 Å². The van der Waals surface area contributed by atoms with E-state index in [4.69, 9.17) is 19.0 Å². The molecule has 1 fully saturated rings. The van der Waals surface area contributed by atoms with Crippen LogP contribution in [0.3, 0.4) is 0 Å². The summed E-state index contributed by atoms with van der Waals surface area (Å²) >= 11 is 0. The van der Waals surface area contributed by atoms with Crippen LogP contribution in [0.5, 0.6) is 17.5 Å². The maximum atomic E-state index is 12.1. The van der Waals surface area contributed by atoms with Gasteiger partial charge in [0.1, 0.15) is 18.2 Å². The predicted molar refractivity (Wildman–Crippen MR) is 138 cm³/mol. The van der Waals surface area contributed by atoms with Crippen LogP contribution in [-0.4, -0.2) is 53.4 Å². The summed E-state index contributed by atoms with van der Waals surface area (Å²) in [5.41, 5.74) is 5.61. The average molecular weight is 499 g/mol. The van der Waals surface area contributed by atoms with Crippen molar-refractivity contribution in [2.24, 2.45) is 0 Å². The van der Waals surface area contributed by atoms with Crippen molar-refractivity contribution >= 4 is 11.8 Å². The summed E-state index contributed by atoms with van der Waals surface area (Å²) in [4.78, 5) is 28.4. The number of carbonyl (C=O) groups excluding carboxylic acids is 1. The van der Waals surface area contributed by atoms with E-state index in [-0.39, 0.29) is 18.3 Å². The number of piperidine rings is 1. The van der Waals surface area contributed by atoms with Crippen LogP contribution in [0.4, 0.5) is 4.79 Å². The van der Waals surface area contributed by atoms with E-state index in [1.807, 2.05) is 45.0 Å². The molecule has 1 aliphatic heterocycles. The second-order valence-electron chi connectivity index (χ2n) is 9.04. The van der Waals surface area contributed by atoms with E-state index in [0.29, 0.717) is 43.3 Å². The average Bonchev–Trinajstić information content (AvgIpc) is 2.88. The van der Waals surface area contributed by atoms with Crippen LogP contribution < -0.4 is 19.8 Å². The van der Waals surface area contributed by atoms with Crippen LogP contribution in [-0.2, 0) is 4.74 Å². The molecule has 0 saturated carbocycles. The Morgan fingerprint density at radius 3 is 2.50 bits per heavy atom. The molecule has 1 N–H and O–H groups in total. The fourth-order valence-corrected chi connectivity index (χ4v) is 3.77. The van der Waals surface area contributed by atoms with Gasteiger partial charge in [-0.25, -0.2) is 15.3 Å². The zero-order valence-electron chi connectivity index (χ0n) is 22.0. The highest BCUT2D eigenvalue weighted by atomic mass is 16.7. The Bertz CT molecular complexity index is 1000. The number of ether oxygens (including phenoxy) is 3. The largest absolute Gasteiger partial charge is 0.497 e. The highest BCUT2D eigenvalue weighted by molar-refractivity contribution is 5.68. The van der Waals surface area contributed by atoms with Gasteiger partial charge in [-0.2, -0.15) is 4.98 Å². The maximum absolute atomic E-state index is 12.1. The van der Waals surface area contributed by atoms with Gasteiger partial charge in [-0.1, -0.05) is 19.4 Å². The number of rotatable bonds is 11. The molecule has 1 aromatic carbocycles. The monoisotopic (exact) mass is 498 g/mol. The van der Waals surface area contributed by atoms with Gasteiger partial charge >= 0.3 is 6.09 Å². The van der Waals surface area contributed by atoms with Gasteiger partial charge in [-0.15, -0.1) is 0 Å². The van der Waals surface area contributed by atoms with Gasteiger partial charge in [0.05, 0.1) is 24.5 Å². The second-order valence-corrected chi connectivity index (χ2v) is 9.04. The number of likely N-dealkylation sites (tertiary alicyclic amines) is 1. The Morgan fingerprint density at radius 1 is 1.17 bits per heavy atom. The van der Waals surface area contributed by atoms with Crippen LogP contribution >= 0.6 is 0 Å². The first-order valence-corrected chi connectivity index (χ1v) is 12.6. The first kappa shape index (κ1) is 27.1. The molecule has 3 rings (SSSR count). The Kier molecular flexibility index (Phi) is 10.2. The maximum Gasteiger partial charge on any atom is 0.410 e. The molecule has 1 saturated heterocycles. The summed E-state index contributed by atoms with van der Waals surface area (Å²) < 4.78 is 16.7. The molecule has 0 aliphatic carbocycles. The van der Waals surface area contributed by atoms with Gasteiger partial charge in [0.2, 0.25) is 5.88 Å². The molecule has 0 atom stereocenters. The number of nitrogens with one attached hydrogen (secondary N) is 1. The van der Waals surface area contributed by atoms with Gasteiger partial charge < -0.3 is 23.9 Å². The minimum Gasteiger partial charge on any atom is -0.497 e. The van der Waals surface area contributed by atoms with E-state index >= 15 is 0 Å². The van der Waals surface area contributed by atoms with Crippen molar-refractivity contribution < 1.29 is 23.8 Å². The minimum atomic E-state index is -0.275. The number of carbonyl (C=O) groups is 1. The number of hydrogen-bond acceptors (Lipinski definition) is 8. The molecule has 2 heterocycles. The lowest BCUT2D eigenvalue weighted by Crippen LogP contribution is -2.42.